The number of hydrogen-bond acceptors (Lipinski definition) is 4. The van der Waals surface area contributed by atoms with Gasteiger partial charge in [-0.25, -0.2) is 5.43 Å². The van der Waals surface area contributed by atoms with Crippen LogP contribution in [0.1, 0.15) is 42.2 Å². The van der Waals surface area contributed by atoms with Crippen LogP contribution in [0.4, 0.5) is 0 Å². The maximum atomic E-state index is 12.0. The summed E-state index contributed by atoms with van der Waals surface area (Å²) in [4.78, 5) is 12.0. The molecule has 0 fully saturated rings. The van der Waals surface area contributed by atoms with Crippen molar-refractivity contribution < 1.29 is 13.9 Å². The van der Waals surface area contributed by atoms with Crippen molar-refractivity contribution in [2.24, 2.45) is 5.10 Å². The van der Waals surface area contributed by atoms with Crippen LogP contribution >= 0.6 is 11.6 Å². The zero-order valence-corrected chi connectivity index (χ0v) is 18.3. The highest BCUT2D eigenvalue weighted by Gasteiger charge is 2.08. The predicted molar refractivity (Wildman–Crippen MR) is 120 cm³/mol. The van der Waals surface area contributed by atoms with Crippen LogP contribution in [0.5, 0.6) is 5.75 Å². The smallest absolute Gasteiger partial charge is 0.277 e. The third kappa shape index (κ3) is 5.51. The molecule has 30 heavy (non-hydrogen) atoms. The molecule has 156 valence electrons. The van der Waals surface area contributed by atoms with Crippen LogP contribution in [0, 0.1) is 13.8 Å². The molecule has 6 heteroatoms. The van der Waals surface area contributed by atoms with Crippen LogP contribution in [0.3, 0.4) is 0 Å². The summed E-state index contributed by atoms with van der Waals surface area (Å²) in [6, 6.07) is 15.4. The fourth-order valence-corrected chi connectivity index (χ4v) is 2.98. The molecule has 1 aromatic heterocycles. The highest BCUT2D eigenvalue weighted by Crippen LogP contribution is 2.26. The first kappa shape index (κ1) is 21.7. The molecule has 0 spiro atoms. The molecule has 1 heterocycles. The van der Waals surface area contributed by atoms with Crippen LogP contribution in [-0.4, -0.2) is 18.7 Å². The van der Waals surface area contributed by atoms with E-state index in [4.69, 9.17) is 20.8 Å². The molecular formula is C24H25ClN2O3. The molecular weight excluding hydrogens is 400 g/mol. The van der Waals surface area contributed by atoms with Crippen molar-refractivity contribution in [3.63, 3.8) is 0 Å². The maximum Gasteiger partial charge on any atom is 0.277 e. The minimum atomic E-state index is -0.349. The van der Waals surface area contributed by atoms with Gasteiger partial charge in [0.1, 0.15) is 17.3 Å². The molecule has 0 atom stereocenters. The molecule has 0 unspecified atom stereocenters. The Hall–Kier alpha value is -3.05. The Kier molecular flexibility index (Phi) is 6.95. The van der Waals surface area contributed by atoms with Gasteiger partial charge in [0.05, 0.1) is 6.21 Å². The Bertz CT molecular complexity index is 1070. The van der Waals surface area contributed by atoms with Gasteiger partial charge in [-0.2, -0.15) is 5.10 Å². The minimum Gasteiger partial charge on any atom is -0.483 e. The van der Waals surface area contributed by atoms with Gasteiger partial charge in [-0.05, 0) is 60.7 Å². The van der Waals surface area contributed by atoms with Crippen LogP contribution in [0.15, 0.2) is 58.0 Å². The number of amides is 1. The zero-order valence-electron chi connectivity index (χ0n) is 17.5. The summed E-state index contributed by atoms with van der Waals surface area (Å²) < 4.78 is 11.4. The molecule has 3 rings (SSSR count). The van der Waals surface area contributed by atoms with Gasteiger partial charge in [-0.3, -0.25) is 4.79 Å². The molecule has 0 radical (unpaired) electrons. The normalized spacial score (nSPS) is 11.3. The van der Waals surface area contributed by atoms with Crippen molar-refractivity contribution in [3.8, 4) is 17.1 Å². The third-order valence-corrected chi connectivity index (χ3v) is 5.11. The number of carbonyl (C=O) groups is 1. The van der Waals surface area contributed by atoms with Gasteiger partial charge in [0.15, 0.2) is 6.61 Å². The number of hydrogen-bond donors (Lipinski definition) is 1. The quantitative estimate of drug-likeness (QED) is 0.381. The fraction of sp³-hybridized carbons (Fsp3) is 0.250. The van der Waals surface area contributed by atoms with Crippen LogP contribution < -0.4 is 10.2 Å². The minimum absolute atomic E-state index is 0.120. The Morgan fingerprint density at radius 2 is 1.90 bits per heavy atom. The van der Waals surface area contributed by atoms with E-state index in [1.165, 1.54) is 6.21 Å². The highest BCUT2D eigenvalue weighted by molar-refractivity contribution is 6.31. The second kappa shape index (κ2) is 9.63. The van der Waals surface area contributed by atoms with E-state index >= 15 is 0 Å². The second-order valence-electron chi connectivity index (χ2n) is 7.43. The van der Waals surface area contributed by atoms with Crippen molar-refractivity contribution in [1.29, 1.82) is 0 Å². The summed E-state index contributed by atoms with van der Waals surface area (Å²) in [5.41, 5.74) is 6.48. The lowest BCUT2D eigenvalue weighted by Gasteiger charge is -2.12. The summed E-state index contributed by atoms with van der Waals surface area (Å²) in [5.74, 6) is 1.93. The SMILES string of the molecule is Cc1ccc(-c2ccc(/C=N\NC(=O)COc3cc(C(C)C)ccc3C)o2)cc1Cl. The number of aryl methyl sites for hydroxylation is 2. The van der Waals surface area contributed by atoms with Gasteiger partial charge in [-0.1, -0.05) is 49.7 Å². The zero-order chi connectivity index (χ0) is 21.7. The third-order valence-electron chi connectivity index (χ3n) is 4.70. The van der Waals surface area contributed by atoms with Crippen molar-refractivity contribution in [3.05, 3.63) is 76.0 Å². The van der Waals surface area contributed by atoms with E-state index in [0.717, 1.165) is 22.3 Å². The first-order valence-corrected chi connectivity index (χ1v) is 10.1. The molecule has 0 aliphatic carbocycles. The van der Waals surface area contributed by atoms with Gasteiger partial charge >= 0.3 is 0 Å². The molecule has 1 N–H and O–H groups in total. The Balaban J connectivity index is 1.54. The predicted octanol–water partition coefficient (Wildman–Crippen LogP) is 5.87. The van der Waals surface area contributed by atoms with Crippen molar-refractivity contribution in [1.82, 2.24) is 5.43 Å². The maximum absolute atomic E-state index is 12.0. The summed E-state index contributed by atoms with van der Waals surface area (Å²) in [6.07, 6.45) is 1.45. The van der Waals surface area contributed by atoms with Gasteiger partial charge in [0.2, 0.25) is 0 Å². The molecule has 0 aliphatic rings. The fourth-order valence-electron chi connectivity index (χ4n) is 2.80. The van der Waals surface area contributed by atoms with Gasteiger partial charge in [0, 0.05) is 10.6 Å². The number of ether oxygens (including phenoxy) is 1. The van der Waals surface area contributed by atoms with Gasteiger partial charge < -0.3 is 9.15 Å². The first-order valence-electron chi connectivity index (χ1n) is 9.75. The van der Waals surface area contributed by atoms with Crippen molar-refractivity contribution in [2.45, 2.75) is 33.6 Å². The molecule has 2 aromatic carbocycles. The number of furan rings is 1. The number of carbonyl (C=O) groups excluding carboxylic acids is 1. The number of benzene rings is 2. The van der Waals surface area contributed by atoms with E-state index in [1.807, 2.05) is 50.2 Å². The Labute approximate surface area is 181 Å². The average Bonchev–Trinajstić information content (AvgIpc) is 3.18. The largest absolute Gasteiger partial charge is 0.483 e. The molecule has 0 saturated carbocycles. The number of halogens is 1. The van der Waals surface area contributed by atoms with E-state index in [9.17, 15) is 4.79 Å². The summed E-state index contributed by atoms with van der Waals surface area (Å²) >= 11 is 6.17. The monoisotopic (exact) mass is 424 g/mol. The lowest BCUT2D eigenvalue weighted by molar-refractivity contribution is -0.123. The van der Waals surface area contributed by atoms with E-state index in [1.54, 1.807) is 6.07 Å². The van der Waals surface area contributed by atoms with Gasteiger partial charge in [0.25, 0.3) is 5.91 Å². The van der Waals surface area contributed by atoms with Crippen LogP contribution in [-0.2, 0) is 4.79 Å². The van der Waals surface area contributed by atoms with E-state index < -0.39 is 0 Å². The van der Waals surface area contributed by atoms with E-state index in [-0.39, 0.29) is 12.5 Å². The van der Waals surface area contributed by atoms with Crippen LogP contribution in [0.2, 0.25) is 5.02 Å². The molecule has 0 aliphatic heterocycles. The Morgan fingerprint density at radius 3 is 2.63 bits per heavy atom. The lowest BCUT2D eigenvalue weighted by atomic mass is 10.0. The summed E-state index contributed by atoms with van der Waals surface area (Å²) in [5, 5.41) is 4.62. The van der Waals surface area contributed by atoms with Crippen molar-refractivity contribution >= 4 is 23.7 Å². The lowest BCUT2D eigenvalue weighted by Crippen LogP contribution is -2.24. The standard InChI is InChI=1S/C24H25ClN2O3/c1-15(2)18-7-6-17(4)23(12-18)29-14-24(28)27-26-13-20-9-10-22(30-20)19-8-5-16(3)21(25)11-19/h5-13,15H,14H2,1-4H3,(H,27,28)/b26-13-. The molecule has 5 nitrogen and oxygen atoms in total. The number of rotatable bonds is 7. The summed E-state index contributed by atoms with van der Waals surface area (Å²) in [7, 11) is 0. The Morgan fingerprint density at radius 1 is 1.13 bits per heavy atom. The molecule has 1 amide bonds. The molecule has 3 aromatic rings. The molecule has 0 saturated heterocycles. The number of nitrogens with one attached hydrogen (secondary N) is 1. The summed E-state index contributed by atoms with van der Waals surface area (Å²) in [6.45, 7) is 8.00. The first-order chi connectivity index (χ1) is 14.3. The van der Waals surface area contributed by atoms with Crippen molar-refractivity contribution in [2.75, 3.05) is 6.61 Å². The highest BCUT2D eigenvalue weighted by atomic mass is 35.5. The average molecular weight is 425 g/mol. The van der Waals surface area contributed by atoms with E-state index in [2.05, 4.69) is 30.4 Å². The second-order valence-corrected chi connectivity index (χ2v) is 7.83. The van der Waals surface area contributed by atoms with Gasteiger partial charge in [-0.15, -0.1) is 0 Å². The van der Waals surface area contributed by atoms with E-state index in [0.29, 0.717) is 28.2 Å². The number of nitrogens with zero attached hydrogens (tertiary/aromatic N) is 1. The molecule has 0 bridgehead atoms. The number of hydrazone groups is 1. The van der Waals surface area contributed by atoms with Crippen LogP contribution in [0.25, 0.3) is 11.3 Å². The topological polar surface area (TPSA) is 63.8 Å².